The lowest BCUT2D eigenvalue weighted by Crippen LogP contribution is -1.97. The molecule has 0 saturated heterocycles. The van der Waals surface area contributed by atoms with Gasteiger partial charge in [0.15, 0.2) is 0 Å². The molecule has 0 aromatic heterocycles. The number of phenols is 1. The van der Waals surface area contributed by atoms with E-state index in [9.17, 15) is 9.90 Å². The first-order valence-corrected chi connectivity index (χ1v) is 4.08. The van der Waals surface area contributed by atoms with Crippen molar-refractivity contribution in [1.82, 2.24) is 0 Å². The van der Waals surface area contributed by atoms with E-state index in [0.717, 1.165) is 5.56 Å². The number of aromatic carboxylic acids is 1. The zero-order valence-electron chi connectivity index (χ0n) is 7.61. The van der Waals surface area contributed by atoms with Gasteiger partial charge in [0.25, 0.3) is 0 Å². The minimum Gasteiger partial charge on any atom is -0.508 e. The Morgan fingerprint density at radius 2 is 2.00 bits per heavy atom. The van der Waals surface area contributed by atoms with Crippen molar-refractivity contribution in [3.63, 3.8) is 0 Å². The van der Waals surface area contributed by atoms with E-state index in [-0.39, 0.29) is 17.2 Å². The van der Waals surface area contributed by atoms with Crippen LogP contribution >= 0.6 is 0 Å². The average molecular weight is 180 g/mol. The molecule has 0 aliphatic rings. The van der Waals surface area contributed by atoms with Crippen LogP contribution in [-0.2, 0) is 0 Å². The highest BCUT2D eigenvalue weighted by atomic mass is 16.4. The van der Waals surface area contributed by atoms with Crippen molar-refractivity contribution >= 4 is 5.97 Å². The van der Waals surface area contributed by atoms with Gasteiger partial charge < -0.3 is 10.2 Å². The highest BCUT2D eigenvalue weighted by Gasteiger charge is 2.09. The quantitative estimate of drug-likeness (QED) is 0.733. The SMILES string of the molecule is CC(C)c1ccc(C(=O)O)cc1O. The fourth-order valence-electron chi connectivity index (χ4n) is 1.16. The van der Waals surface area contributed by atoms with Gasteiger partial charge in [0.1, 0.15) is 5.75 Å². The highest BCUT2D eigenvalue weighted by molar-refractivity contribution is 5.88. The van der Waals surface area contributed by atoms with Gasteiger partial charge in [0, 0.05) is 0 Å². The van der Waals surface area contributed by atoms with Gasteiger partial charge in [-0.25, -0.2) is 4.79 Å². The molecule has 0 aliphatic heterocycles. The van der Waals surface area contributed by atoms with Gasteiger partial charge in [-0.3, -0.25) is 0 Å². The number of aromatic hydroxyl groups is 1. The van der Waals surface area contributed by atoms with Crippen molar-refractivity contribution < 1.29 is 15.0 Å². The molecular formula is C10H12O3. The Morgan fingerprint density at radius 1 is 1.38 bits per heavy atom. The zero-order chi connectivity index (χ0) is 10.0. The third kappa shape index (κ3) is 1.99. The van der Waals surface area contributed by atoms with Crippen LogP contribution in [0.2, 0.25) is 0 Å². The standard InChI is InChI=1S/C10H12O3/c1-6(2)8-4-3-7(10(12)13)5-9(8)11/h3-6,11H,1-2H3,(H,12,13). The number of carbonyl (C=O) groups is 1. The summed E-state index contributed by atoms with van der Waals surface area (Å²) in [4.78, 5) is 10.5. The van der Waals surface area contributed by atoms with Crippen LogP contribution in [0.5, 0.6) is 5.75 Å². The maximum atomic E-state index is 10.5. The molecule has 70 valence electrons. The summed E-state index contributed by atoms with van der Waals surface area (Å²) in [6, 6.07) is 4.42. The molecule has 1 aromatic carbocycles. The number of carboxylic acids is 1. The van der Waals surface area contributed by atoms with Gasteiger partial charge in [0.05, 0.1) is 5.56 Å². The van der Waals surface area contributed by atoms with E-state index >= 15 is 0 Å². The second-order valence-corrected chi connectivity index (χ2v) is 3.23. The molecule has 0 spiro atoms. The normalized spacial score (nSPS) is 10.4. The van der Waals surface area contributed by atoms with Gasteiger partial charge in [-0.15, -0.1) is 0 Å². The molecule has 0 fully saturated rings. The van der Waals surface area contributed by atoms with Crippen LogP contribution in [0.1, 0.15) is 35.7 Å². The molecule has 1 aromatic rings. The summed E-state index contributed by atoms with van der Waals surface area (Å²) in [5.41, 5.74) is 0.881. The predicted octanol–water partition coefficient (Wildman–Crippen LogP) is 2.21. The number of hydrogen-bond donors (Lipinski definition) is 2. The van der Waals surface area contributed by atoms with Gasteiger partial charge in [-0.05, 0) is 23.6 Å². The molecule has 0 radical (unpaired) electrons. The Morgan fingerprint density at radius 3 is 2.38 bits per heavy atom. The second kappa shape index (κ2) is 3.47. The van der Waals surface area contributed by atoms with Gasteiger partial charge in [-0.2, -0.15) is 0 Å². The topological polar surface area (TPSA) is 57.5 Å². The highest BCUT2D eigenvalue weighted by Crippen LogP contribution is 2.25. The molecule has 0 bridgehead atoms. The summed E-state index contributed by atoms with van der Waals surface area (Å²) < 4.78 is 0. The molecule has 3 heteroatoms. The summed E-state index contributed by atoms with van der Waals surface area (Å²) >= 11 is 0. The number of hydrogen-bond acceptors (Lipinski definition) is 2. The molecule has 0 saturated carbocycles. The van der Waals surface area contributed by atoms with E-state index in [2.05, 4.69) is 0 Å². The molecule has 0 heterocycles. The zero-order valence-corrected chi connectivity index (χ0v) is 7.61. The maximum absolute atomic E-state index is 10.5. The molecule has 0 atom stereocenters. The summed E-state index contributed by atoms with van der Waals surface area (Å²) in [5, 5.41) is 18.1. The second-order valence-electron chi connectivity index (χ2n) is 3.23. The van der Waals surface area contributed by atoms with E-state index in [1.807, 2.05) is 13.8 Å². The summed E-state index contributed by atoms with van der Waals surface area (Å²) in [6.45, 7) is 3.88. The molecule has 13 heavy (non-hydrogen) atoms. The number of benzene rings is 1. The summed E-state index contributed by atoms with van der Waals surface area (Å²) in [5.74, 6) is -0.775. The minimum absolute atomic E-state index is 0.0508. The van der Waals surface area contributed by atoms with Crippen LogP contribution < -0.4 is 0 Å². The fourth-order valence-corrected chi connectivity index (χ4v) is 1.16. The van der Waals surface area contributed by atoms with Crippen LogP contribution in [0.25, 0.3) is 0 Å². The van der Waals surface area contributed by atoms with Gasteiger partial charge >= 0.3 is 5.97 Å². The number of carboxylic acid groups (broad SMARTS) is 1. The molecule has 1 rings (SSSR count). The van der Waals surface area contributed by atoms with Crippen molar-refractivity contribution in [2.45, 2.75) is 19.8 Å². The lowest BCUT2D eigenvalue weighted by atomic mass is 10.0. The Bertz CT molecular complexity index is 329. The van der Waals surface area contributed by atoms with Crippen molar-refractivity contribution in [1.29, 1.82) is 0 Å². The Kier molecular flexibility index (Phi) is 2.56. The Labute approximate surface area is 76.6 Å². The first kappa shape index (κ1) is 9.58. The first-order valence-electron chi connectivity index (χ1n) is 4.08. The predicted molar refractivity (Wildman–Crippen MR) is 49.2 cm³/mol. The number of phenolic OH excluding ortho intramolecular Hbond substituents is 1. The van der Waals surface area contributed by atoms with E-state index in [4.69, 9.17) is 5.11 Å². The van der Waals surface area contributed by atoms with Gasteiger partial charge in [0.2, 0.25) is 0 Å². The fraction of sp³-hybridized carbons (Fsp3) is 0.300. The van der Waals surface area contributed by atoms with Crippen molar-refractivity contribution in [2.24, 2.45) is 0 Å². The van der Waals surface area contributed by atoms with Crippen molar-refractivity contribution in [2.75, 3.05) is 0 Å². The Balaban J connectivity index is 3.13. The monoisotopic (exact) mass is 180 g/mol. The largest absolute Gasteiger partial charge is 0.508 e. The number of rotatable bonds is 2. The average Bonchev–Trinajstić information content (AvgIpc) is 2.03. The molecular weight excluding hydrogens is 168 g/mol. The molecule has 0 unspecified atom stereocenters. The van der Waals surface area contributed by atoms with Crippen LogP contribution in [-0.4, -0.2) is 16.2 Å². The minimum atomic E-state index is -1.02. The van der Waals surface area contributed by atoms with Crippen molar-refractivity contribution in [3.8, 4) is 5.75 Å². The van der Waals surface area contributed by atoms with Crippen LogP contribution in [0.3, 0.4) is 0 Å². The lowest BCUT2D eigenvalue weighted by Gasteiger charge is -2.07. The van der Waals surface area contributed by atoms with E-state index in [0.29, 0.717) is 0 Å². The summed E-state index contributed by atoms with van der Waals surface area (Å²) in [7, 11) is 0. The lowest BCUT2D eigenvalue weighted by molar-refractivity contribution is 0.0696. The summed E-state index contributed by atoms with van der Waals surface area (Å²) in [6.07, 6.45) is 0. The molecule has 0 aliphatic carbocycles. The molecule has 0 amide bonds. The Hall–Kier alpha value is -1.51. The van der Waals surface area contributed by atoms with E-state index in [1.165, 1.54) is 12.1 Å². The third-order valence-corrected chi connectivity index (χ3v) is 1.90. The van der Waals surface area contributed by atoms with Crippen LogP contribution in [0.15, 0.2) is 18.2 Å². The molecule has 2 N–H and O–H groups in total. The molecule has 3 nitrogen and oxygen atoms in total. The van der Waals surface area contributed by atoms with E-state index < -0.39 is 5.97 Å². The third-order valence-electron chi connectivity index (χ3n) is 1.90. The van der Waals surface area contributed by atoms with Gasteiger partial charge in [-0.1, -0.05) is 19.9 Å². The maximum Gasteiger partial charge on any atom is 0.335 e. The van der Waals surface area contributed by atoms with E-state index in [1.54, 1.807) is 6.07 Å². The first-order chi connectivity index (χ1) is 6.02. The van der Waals surface area contributed by atoms with Crippen LogP contribution in [0.4, 0.5) is 0 Å². The van der Waals surface area contributed by atoms with Crippen LogP contribution in [0, 0.1) is 0 Å². The van der Waals surface area contributed by atoms with Crippen molar-refractivity contribution in [3.05, 3.63) is 29.3 Å². The smallest absolute Gasteiger partial charge is 0.335 e.